The van der Waals surface area contributed by atoms with Crippen molar-refractivity contribution in [3.8, 4) is 0 Å². The van der Waals surface area contributed by atoms with Gasteiger partial charge in [0.25, 0.3) is 0 Å². The zero-order valence-corrected chi connectivity index (χ0v) is 11.5. The summed E-state index contributed by atoms with van der Waals surface area (Å²) in [5.41, 5.74) is 0. The van der Waals surface area contributed by atoms with E-state index in [1.807, 2.05) is 19.0 Å². The van der Waals surface area contributed by atoms with Crippen LogP contribution >= 0.6 is 12.4 Å². The predicted molar refractivity (Wildman–Crippen MR) is 69.1 cm³/mol. The molecule has 0 bridgehead atoms. The second kappa shape index (κ2) is 7.09. The molecule has 2 atom stereocenters. The molecule has 4 nitrogen and oxygen atoms in total. The Kier molecular flexibility index (Phi) is 6.95. The second-order valence-corrected chi connectivity index (χ2v) is 4.54. The summed E-state index contributed by atoms with van der Waals surface area (Å²) in [7, 11) is 5.88. The molecule has 1 saturated heterocycles. The Balaban J connectivity index is 0.00000225. The Morgan fingerprint density at radius 2 is 2.19 bits per heavy atom. The number of carbonyl (C=O) groups excluding carboxylic acids is 1. The lowest BCUT2D eigenvalue weighted by Crippen LogP contribution is -2.49. The molecule has 1 aliphatic rings. The fourth-order valence-electron chi connectivity index (χ4n) is 2.10. The molecule has 0 aromatic rings. The third-order valence-corrected chi connectivity index (χ3v) is 3.45. The van der Waals surface area contributed by atoms with Crippen LogP contribution in [-0.2, 0) is 4.79 Å². The maximum atomic E-state index is 11.7. The van der Waals surface area contributed by atoms with Crippen molar-refractivity contribution in [1.82, 2.24) is 15.1 Å². The summed E-state index contributed by atoms with van der Waals surface area (Å²) in [4.78, 5) is 15.9. The van der Waals surface area contributed by atoms with Gasteiger partial charge in [-0.15, -0.1) is 12.4 Å². The highest BCUT2D eigenvalue weighted by Gasteiger charge is 2.27. The topological polar surface area (TPSA) is 35.6 Å². The van der Waals surface area contributed by atoms with Crippen LogP contribution in [-0.4, -0.2) is 62.0 Å². The number of halogens is 1. The largest absolute Gasteiger partial charge is 0.342 e. The average molecular weight is 250 g/mol. The normalized spacial score (nSPS) is 26.0. The zero-order valence-electron chi connectivity index (χ0n) is 10.7. The number of rotatable bonds is 3. The SMILES string of the molecule is CNCC(=O)N(C)C1CCN(C)C(C)C1.Cl. The maximum absolute atomic E-state index is 11.7. The van der Waals surface area contributed by atoms with E-state index in [0.29, 0.717) is 18.6 Å². The monoisotopic (exact) mass is 249 g/mol. The fourth-order valence-corrected chi connectivity index (χ4v) is 2.10. The first-order chi connectivity index (χ1) is 7.06. The second-order valence-electron chi connectivity index (χ2n) is 4.54. The van der Waals surface area contributed by atoms with Crippen LogP contribution in [0.1, 0.15) is 19.8 Å². The summed E-state index contributed by atoms with van der Waals surface area (Å²) in [5.74, 6) is 0.194. The van der Waals surface area contributed by atoms with Crippen LogP contribution in [0.2, 0.25) is 0 Å². The van der Waals surface area contributed by atoms with Gasteiger partial charge in [-0.05, 0) is 33.9 Å². The lowest BCUT2D eigenvalue weighted by atomic mass is 9.98. The molecule has 0 aliphatic carbocycles. The molecule has 1 aliphatic heterocycles. The molecule has 0 saturated carbocycles. The van der Waals surface area contributed by atoms with Crippen LogP contribution in [0.3, 0.4) is 0 Å². The molecule has 0 aromatic heterocycles. The highest BCUT2D eigenvalue weighted by molar-refractivity contribution is 5.85. The molecule has 2 unspecified atom stereocenters. The van der Waals surface area contributed by atoms with Gasteiger partial charge in [0.2, 0.25) is 5.91 Å². The van der Waals surface area contributed by atoms with Crippen molar-refractivity contribution in [2.24, 2.45) is 0 Å². The van der Waals surface area contributed by atoms with Gasteiger partial charge in [-0.3, -0.25) is 4.79 Å². The van der Waals surface area contributed by atoms with Crippen LogP contribution in [0, 0.1) is 0 Å². The van der Waals surface area contributed by atoms with Crippen molar-refractivity contribution < 1.29 is 4.79 Å². The van der Waals surface area contributed by atoms with E-state index in [1.165, 1.54) is 0 Å². The molecule has 1 N–H and O–H groups in total. The van der Waals surface area contributed by atoms with Gasteiger partial charge in [0.15, 0.2) is 0 Å². The van der Waals surface area contributed by atoms with Gasteiger partial charge in [0, 0.05) is 25.7 Å². The number of carbonyl (C=O) groups is 1. The van der Waals surface area contributed by atoms with Crippen LogP contribution < -0.4 is 5.32 Å². The number of hydrogen-bond acceptors (Lipinski definition) is 3. The first kappa shape index (κ1) is 15.7. The van der Waals surface area contributed by atoms with E-state index < -0.39 is 0 Å². The minimum Gasteiger partial charge on any atom is -0.342 e. The van der Waals surface area contributed by atoms with Gasteiger partial charge >= 0.3 is 0 Å². The van der Waals surface area contributed by atoms with Crippen molar-refractivity contribution in [2.75, 3.05) is 34.2 Å². The van der Waals surface area contributed by atoms with Gasteiger partial charge < -0.3 is 15.1 Å². The van der Waals surface area contributed by atoms with Gasteiger partial charge in [0.05, 0.1) is 6.54 Å². The summed E-state index contributed by atoms with van der Waals surface area (Å²) in [6, 6.07) is 0.991. The molecule has 5 heteroatoms. The van der Waals surface area contributed by atoms with Gasteiger partial charge in [0.1, 0.15) is 0 Å². The van der Waals surface area contributed by atoms with E-state index in [2.05, 4.69) is 24.2 Å². The lowest BCUT2D eigenvalue weighted by molar-refractivity contribution is -0.132. The van der Waals surface area contributed by atoms with E-state index in [9.17, 15) is 4.79 Å². The van der Waals surface area contributed by atoms with Crippen LogP contribution in [0.5, 0.6) is 0 Å². The minimum absolute atomic E-state index is 0. The Morgan fingerprint density at radius 1 is 1.56 bits per heavy atom. The smallest absolute Gasteiger partial charge is 0.236 e. The molecule has 1 fully saturated rings. The zero-order chi connectivity index (χ0) is 11.4. The molecule has 0 aromatic carbocycles. The summed E-state index contributed by atoms with van der Waals surface area (Å²) >= 11 is 0. The number of nitrogens with one attached hydrogen (secondary N) is 1. The average Bonchev–Trinajstić information content (AvgIpc) is 2.21. The third-order valence-electron chi connectivity index (χ3n) is 3.45. The number of hydrogen-bond donors (Lipinski definition) is 1. The number of piperidine rings is 1. The van der Waals surface area contributed by atoms with Crippen molar-refractivity contribution in [1.29, 1.82) is 0 Å². The number of likely N-dealkylation sites (N-methyl/N-ethyl adjacent to an activating group) is 2. The Hall–Kier alpha value is -0.320. The standard InChI is InChI=1S/C11H23N3O.ClH/c1-9-7-10(5-6-13(9)3)14(4)11(15)8-12-2;/h9-10,12H,5-8H2,1-4H3;1H. The Bertz CT molecular complexity index is 225. The first-order valence-corrected chi connectivity index (χ1v) is 5.66. The summed E-state index contributed by atoms with van der Waals surface area (Å²) in [5, 5.41) is 2.91. The molecular weight excluding hydrogens is 226 g/mol. The van der Waals surface area contributed by atoms with E-state index in [4.69, 9.17) is 0 Å². The molecule has 16 heavy (non-hydrogen) atoms. The summed E-state index contributed by atoms with van der Waals surface area (Å²) in [6.45, 7) is 3.75. The quantitative estimate of drug-likeness (QED) is 0.795. The molecular formula is C11H24ClN3O. The molecule has 1 heterocycles. The minimum atomic E-state index is 0. The molecule has 1 amide bonds. The molecule has 0 radical (unpaired) electrons. The van der Waals surface area contributed by atoms with Gasteiger partial charge in [-0.1, -0.05) is 0 Å². The van der Waals surface area contributed by atoms with Gasteiger partial charge in [-0.2, -0.15) is 0 Å². The van der Waals surface area contributed by atoms with Crippen molar-refractivity contribution in [2.45, 2.75) is 31.8 Å². The van der Waals surface area contributed by atoms with E-state index in [-0.39, 0.29) is 18.3 Å². The van der Waals surface area contributed by atoms with E-state index in [1.54, 1.807) is 0 Å². The maximum Gasteiger partial charge on any atom is 0.236 e. The van der Waals surface area contributed by atoms with E-state index >= 15 is 0 Å². The Morgan fingerprint density at radius 3 is 2.69 bits per heavy atom. The number of nitrogens with zero attached hydrogens (tertiary/aromatic N) is 2. The van der Waals surface area contributed by atoms with Crippen LogP contribution in [0.15, 0.2) is 0 Å². The summed E-state index contributed by atoms with van der Waals surface area (Å²) < 4.78 is 0. The highest BCUT2D eigenvalue weighted by Crippen LogP contribution is 2.19. The van der Waals surface area contributed by atoms with Crippen molar-refractivity contribution in [3.63, 3.8) is 0 Å². The van der Waals surface area contributed by atoms with Crippen molar-refractivity contribution >= 4 is 18.3 Å². The molecule has 96 valence electrons. The fraction of sp³-hybridized carbons (Fsp3) is 0.909. The van der Waals surface area contributed by atoms with Crippen LogP contribution in [0.25, 0.3) is 0 Å². The number of amides is 1. The highest BCUT2D eigenvalue weighted by atomic mass is 35.5. The predicted octanol–water partition coefficient (Wildman–Crippen LogP) is 0.569. The third kappa shape index (κ3) is 3.92. The molecule has 0 spiro atoms. The van der Waals surface area contributed by atoms with Crippen LogP contribution in [0.4, 0.5) is 0 Å². The van der Waals surface area contributed by atoms with Gasteiger partial charge in [-0.25, -0.2) is 0 Å². The number of likely N-dealkylation sites (tertiary alicyclic amines) is 1. The molecule has 1 rings (SSSR count). The Labute approximate surface area is 105 Å². The summed E-state index contributed by atoms with van der Waals surface area (Å²) in [6.07, 6.45) is 2.18. The van der Waals surface area contributed by atoms with Crippen molar-refractivity contribution in [3.05, 3.63) is 0 Å². The first-order valence-electron chi connectivity index (χ1n) is 5.66. The van der Waals surface area contributed by atoms with E-state index in [0.717, 1.165) is 19.4 Å². The lowest BCUT2D eigenvalue weighted by Gasteiger charge is -2.39.